The highest BCUT2D eigenvalue weighted by Crippen LogP contribution is 2.46. The van der Waals surface area contributed by atoms with Crippen LogP contribution in [0, 0.1) is 0 Å². The van der Waals surface area contributed by atoms with Gasteiger partial charge < -0.3 is 8.83 Å². The van der Waals surface area contributed by atoms with Crippen molar-refractivity contribution in [3.63, 3.8) is 0 Å². The molecule has 2 nitrogen and oxygen atoms in total. The Kier molecular flexibility index (Phi) is 2.64. The van der Waals surface area contributed by atoms with Crippen molar-refractivity contribution in [2.75, 3.05) is 0 Å². The highest BCUT2D eigenvalue weighted by molar-refractivity contribution is 6.26. The minimum Gasteiger partial charge on any atom is -0.456 e. The lowest BCUT2D eigenvalue weighted by Gasteiger charge is -2.19. The first-order valence-electron chi connectivity index (χ1n) is 31.1. The van der Waals surface area contributed by atoms with Crippen molar-refractivity contribution in [1.29, 1.82) is 0 Å². The van der Waals surface area contributed by atoms with Crippen molar-refractivity contribution in [3.8, 4) is 33.4 Å². The van der Waals surface area contributed by atoms with Crippen LogP contribution < -0.4 is 0 Å². The number of para-hydroxylation sites is 1. The molecule has 0 aliphatic heterocycles. The maximum atomic E-state index is 9.87. The first-order valence-corrected chi connectivity index (χ1v) is 16.1. The van der Waals surface area contributed by atoms with E-state index in [1.807, 2.05) is 0 Å². The zero-order valence-corrected chi connectivity index (χ0v) is 26.8. The van der Waals surface area contributed by atoms with Gasteiger partial charge in [0, 0.05) is 21.5 Å². The SMILES string of the molecule is [2H]c1c([2H])c([2H])c2c(oc3c([2H])c([2H])c4oc5c([2H])c(-c6c([2H])c([2H])c7c([2H])c(-c8c9c([2H])c([2H])c([2H])c([2H])c9c(-c9c([2H])c([2H])c([2H])c%10c([2H])c([2H])c([2H])c([2H])c9%10)c9c([2H])c([2H])c([2H])c([2H])c89)c([2H])c([2H])c7c6[2H])c([2H])c([2H])c5c4c32)c1[2H]. The van der Waals surface area contributed by atoms with E-state index in [9.17, 15) is 19.2 Å². The number of rotatable bonds is 3. The van der Waals surface area contributed by atoms with Crippen LogP contribution in [0.3, 0.4) is 0 Å². The molecule has 2 aromatic heterocycles. The first-order chi connectivity index (χ1) is 39.3. The Morgan fingerprint density at radius 1 is 0.296 bits per heavy atom. The van der Waals surface area contributed by atoms with Crippen molar-refractivity contribution in [1.82, 2.24) is 0 Å². The summed E-state index contributed by atoms with van der Waals surface area (Å²) in [5.74, 6) is 0. The predicted octanol–water partition coefficient (Wildman–Crippen LogP) is 15.1. The van der Waals surface area contributed by atoms with Crippen LogP contribution in [0.15, 0.2) is 190 Å². The molecule has 0 unspecified atom stereocenters. The van der Waals surface area contributed by atoms with E-state index in [0.29, 0.717) is 0 Å². The second-order valence-corrected chi connectivity index (χ2v) is 12.0. The Morgan fingerprint density at radius 3 is 1.52 bits per heavy atom. The van der Waals surface area contributed by atoms with Gasteiger partial charge in [-0.05, 0) is 119 Å². The zero-order chi connectivity index (χ0) is 61.4. The van der Waals surface area contributed by atoms with Gasteiger partial charge in [0.2, 0.25) is 0 Å². The molecule has 54 heavy (non-hydrogen) atoms. The first kappa shape index (κ1) is 12.8. The van der Waals surface area contributed by atoms with Crippen molar-refractivity contribution in [3.05, 3.63) is 181 Å². The molecule has 0 saturated carbocycles. The van der Waals surface area contributed by atoms with Crippen molar-refractivity contribution in [2.24, 2.45) is 0 Å². The summed E-state index contributed by atoms with van der Waals surface area (Å²) in [6, 6.07) is -27.3. The summed E-state index contributed by atoms with van der Waals surface area (Å²) in [6.07, 6.45) is 0. The summed E-state index contributed by atoms with van der Waals surface area (Å²) in [5, 5.41) is -7.00. The second kappa shape index (κ2) is 11.2. The minimum atomic E-state index is -1.10. The molecule has 250 valence electrons. The monoisotopic (exact) mass is 716 g/mol. The van der Waals surface area contributed by atoms with Crippen molar-refractivity contribution in [2.45, 2.75) is 0 Å². The molecule has 0 aliphatic rings. The number of furan rings is 2. The standard InChI is InChI=1S/C52H30O2/c1-2-12-37-31(10-1)11-9-18-38(37)50-41-15-5-3-13-39(41)49(40-14-4-6-16-42(40)50)36-23-22-32-28-33(20-21-34(32)29-36)35-24-25-44-48(30-35)54-47-27-26-46-51(52(44)47)43-17-7-8-19-45(43)53-46/h1-30H/i1D,2D,3D,4D,5D,6D,7D,8D,9D,10D,11D,12D,13D,14D,15D,16D,17D,18D,19D,20D,21D,22D,23D,24D,25D,26D,27D,28D,29D,30D. The fraction of sp³-hybridized carbons (Fsp3) is 0. The maximum absolute atomic E-state index is 9.87. The number of benzene rings is 10. The molecule has 12 aromatic rings. The molecule has 0 aliphatic carbocycles. The highest BCUT2D eigenvalue weighted by atomic mass is 16.3. The van der Waals surface area contributed by atoms with Gasteiger partial charge in [0.25, 0.3) is 0 Å². The van der Waals surface area contributed by atoms with E-state index in [0.717, 1.165) is 0 Å². The average Bonchev–Trinajstić information content (AvgIpc) is 0.986. The smallest absolute Gasteiger partial charge is 0.136 e. The van der Waals surface area contributed by atoms with Gasteiger partial charge in [-0.15, -0.1) is 0 Å². The van der Waals surface area contributed by atoms with E-state index < -0.39 is 280 Å². The van der Waals surface area contributed by atoms with E-state index in [1.54, 1.807) is 0 Å². The number of hydrogen-bond donors (Lipinski definition) is 0. The molecule has 0 spiro atoms. The number of fused-ring (bicyclic) bond motifs is 11. The molecule has 2 heteroatoms. The van der Waals surface area contributed by atoms with E-state index in [-0.39, 0.29) is 21.5 Å². The summed E-state index contributed by atoms with van der Waals surface area (Å²) in [7, 11) is 0. The molecule has 0 fully saturated rings. The predicted molar refractivity (Wildman–Crippen MR) is 227 cm³/mol. The summed E-state index contributed by atoms with van der Waals surface area (Å²) >= 11 is 0. The van der Waals surface area contributed by atoms with Crippen LogP contribution in [-0.4, -0.2) is 0 Å². The van der Waals surface area contributed by atoms with Gasteiger partial charge in [-0.1, -0.05) is 139 Å². The zero-order valence-electron chi connectivity index (χ0n) is 56.8. The fourth-order valence-corrected chi connectivity index (χ4v) is 6.87. The third-order valence-electron chi connectivity index (χ3n) is 9.15. The molecule has 0 bridgehead atoms. The number of hydrogen-bond acceptors (Lipinski definition) is 2. The Balaban J connectivity index is 1.23. The summed E-state index contributed by atoms with van der Waals surface area (Å²) in [5.41, 5.74) is -6.52. The van der Waals surface area contributed by atoms with E-state index >= 15 is 0 Å². The molecule has 12 rings (SSSR count). The average molecular weight is 717 g/mol. The lowest BCUT2D eigenvalue weighted by Crippen LogP contribution is -1.91. The van der Waals surface area contributed by atoms with Gasteiger partial charge in [0.15, 0.2) is 0 Å². The molecular formula is C52H30O2. The third-order valence-corrected chi connectivity index (χ3v) is 9.15. The van der Waals surface area contributed by atoms with Crippen LogP contribution >= 0.6 is 0 Å². The van der Waals surface area contributed by atoms with Gasteiger partial charge in [-0.25, -0.2) is 0 Å². The molecular weight excluding hydrogens is 657 g/mol. The Hall–Kier alpha value is -7.16. The van der Waals surface area contributed by atoms with E-state index in [4.69, 9.17) is 30.8 Å². The molecule has 10 aromatic carbocycles. The van der Waals surface area contributed by atoms with Gasteiger partial charge in [0.1, 0.15) is 22.3 Å². The van der Waals surface area contributed by atoms with Crippen molar-refractivity contribution >= 4 is 87.0 Å². The van der Waals surface area contributed by atoms with Crippen LogP contribution in [-0.2, 0) is 0 Å². The Labute approximate surface area is 352 Å². The fourth-order valence-electron chi connectivity index (χ4n) is 6.87. The molecule has 2 heterocycles. The Bertz CT molecular complexity index is 5160. The van der Waals surface area contributed by atoms with Gasteiger partial charge in [-0.2, -0.15) is 0 Å². The van der Waals surface area contributed by atoms with Crippen LogP contribution in [0.4, 0.5) is 0 Å². The maximum Gasteiger partial charge on any atom is 0.136 e. The highest BCUT2D eigenvalue weighted by Gasteiger charge is 2.19. The second-order valence-electron chi connectivity index (χ2n) is 12.0. The van der Waals surface area contributed by atoms with E-state index in [2.05, 4.69) is 0 Å². The largest absolute Gasteiger partial charge is 0.456 e. The molecule has 0 atom stereocenters. The van der Waals surface area contributed by atoms with Gasteiger partial charge >= 0.3 is 0 Å². The van der Waals surface area contributed by atoms with Crippen LogP contribution in [0.1, 0.15) is 41.1 Å². The Morgan fingerprint density at radius 2 is 0.796 bits per heavy atom. The lowest BCUT2D eigenvalue weighted by atomic mass is 9.84. The summed E-state index contributed by atoms with van der Waals surface area (Å²) < 4.78 is 284. The van der Waals surface area contributed by atoms with Crippen LogP contribution in [0.25, 0.3) is 120 Å². The third kappa shape index (κ3) is 4.22. The van der Waals surface area contributed by atoms with Crippen LogP contribution in [0.2, 0.25) is 0 Å². The summed E-state index contributed by atoms with van der Waals surface area (Å²) in [6.45, 7) is 0. The molecule has 0 radical (unpaired) electrons. The normalized spacial score (nSPS) is 19.9. The van der Waals surface area contributed by atoms with Crippen LogP contribution in [0.5, 0.6) is 0 Å². The van der Waals surface area contributed by atoms with Crippen molar-refractivity contribution < 1.29 is 50.0 Å². The molecule has 0 N–H and O–H groups in total. The van der Waals surface area contributed by atoms with E-state index in [1.165, 1.54) is 0 Å². The van der Waals surface area contributed by atoms with Gasteiger partial charge in [0.05, 0.1) is 41.1 Å². The molecule has 0 saturated heterocycles. The topological polar surface area (TPSA) is 26.3 Å². The molecule has 0 amide bonds. The van der Waals surface area contributed by atoms with Gasteiger partial charge in [-0.3, -0.25) is 0 Å². The quantitative estimate of drug-likeness (QED) is 0.170. The summed E-state index contributed by atoms with van der Waals surface area (Å²) in [4.78, 5) is 0. The minimum absolute atomic E-state index is 0.217. The lowest BCUT2D eigenvalue weighted by molar-refractivity contribution is 0.663.